The van der Waals surface area contributed by atoms with E-state index in [4.69, 9.17) is 0 Å². The van der Waals surface area contributed by atoms with Crippen LogP contribution in [0.5, 0.6) is 0 Å². The lowest BCUT2D eigenvalue weighted by atomic mass is 9.90. The van der Waals surface area contributed by atoms with Crippen LogP contribution >= 0.6 is 11.8 Å². The summed E-state index contributed by atoms with van der Waals surface area (Å²) >= 11 is 2.07. The highest BCUT2D eigenvalue weighted by Gasteiger charge is 2.35. The zero-order chi connectivity index (χ0) is 10.8. The van der Waals surface area contributed by atoms with Crippen LogP contribution in [0.2, 0.25) is 0 Å². The van der Waals surface area contributed by atoms with E-state index in [1.54, 1.807) is 0 Å². The summed E-state index contributed by atoms with van der Waals surface area (Å²) in [6, 6.07) is 1.07. The number of rotatable bonds is 1. The van der Waals surface area contributed by atoms with Crippen molar-refractivity contribution in [2.24, 2.45) is 0 Å². The molecule has 0 radical (unpaired) electrons. The summed E-state index contributed by atoms with van der Waals surface area (Å²) in [5, 5.41) is 10.8. The van der Waals surface area contributed by atoms with E-state index in [9.17, 15) is 5.11 Å². The van der Waals surface area contributed by atoms with Gasteiger partial charge in [-0.25, -0.2) is 0 Å². The van der Waals surface area contributed by atoms with Gasteiger partial charge in [0, 0.05) is 29.6 Å². The van der Waals surface area contributed by atoms with Crippen molar-refractivity contribution in [1.29, 1.82) is 0 Å². The lowest BCUT2D eigenvalue weighted by Crippen LogP contribution is -2.55. The van der Waals surface area contributed by atoms with Gasteiger partial charge in [0.15, 0.2) is 0 Å². The van der Waals surface area contributed by atoms with E-state index in [1.807, 2.05) is 0 Å². The molecule has 1 N–H and O–H groups in total. The third-order valence-corrected chi connectivity index (χ3v) is 5.39. The molecule has 1 aliphatic carbocycles. The third kappa shape index (κ3) is 2.51. The van der Waals surface area contributed by atoms with E-state index >= 15 is 0 Å². The van der Waals surface area contributed by atoms with Gasteiger partial charge in [-0.05, 0) is 19.8 Å². The van der Waals surface area contributed by atoms with Crippen molar-refractivity contribution >= 4 is 11.8 Å². The van der Waals surface area contributed by atoms with Crippen LogP contribution in [0.3, 0.4) is 0 Å². The zero-order valence-corrected chi connectivity index (χ0v) is 10.7. The van der Waals surface area contributed by atoms with Gasteiger partial charge in [0.25, 0.3) is 0 Å². The Kier molecular flexibility index (Phi) is 3.97. The molecule has 1 heterocycles. The Balaban J connectivity index is 2.01. The molecule has 0 spiro atoms. The van der Waals surface area contributed by atoms with Gasteiger partial charge in [0.2, 0.25) is 0 Å². The molecule has 2 rings (SSSR count). The summed E-state index contributed by atoms with van der Waals surface area (Å²) in [5.41, 5.74) is 0. The first-order chi connectivity index (χ1) is 7.20. The molecule has 2 nitrogen and oxygen atoms in total. The average Bonchev–Trinajstić information content (AvgIpc) is 2.23. The zero-order valence-electron chi connectivity index (χ0n) is 9.85. The third-order valence-electron chi connectivity index (χ3n) is 4.05. The van der Waals surface area contributed by atoms with E-state index in [0.717, 1.165) is 13.0 Å². The number of nitrogens with zero attached hydrogens (tertiary/aromatic N) is 1. The Morgan fingerprint density at radius 2 is 1.93 bits per heavy atom. The summed E-state index contributed by atoms with van der Waals surface area (Å²) in [5.74, 6) is 1.23. The van der Waals surface area contributed by atoms with Crippen molar-refractivity contribution in [3.8, 4) is 0 Å². The molecule has 88 valence electrons. The van der Waals surface area contributed by atoms with Crippen LogP contribution in [0, 0.1) is 0 Å². The highest BCUT2D eigenvalue weighted by Crippen LogP contribution is 2.31. The molecule has 0 aromatic rings. The van der Waals surface area contributed by atoms with Crippen molar-refractivity contribution in [3.63, 3.8) is 0 Å². The topological polar surface area (TPSA) is 23.5 Å². The van der Waals surface area contributed by atoms with E-state index < -0.39 is 0 Å². The molecule has 0 amide bonds. The Hall–Kier alpha value is 0.270. The predicted molar refractivity (Wildman–Crippen MR) is 66.4 cm³/mol. The number of hydrogen-bond donors (Lipinski definition) is 1. The Labute approximate surface area is 97.4 Å². The fourth-order valence-corrected chi connectivity index (χ4v) is 4.03. The Morgan fingerprint density at radius 1 is 1.20 bits per heavy atom. The van der Waals surface area contributed by atoms with Gasteiger partial charge in [-0.15, -0.1) is 0 Å². The first kappa shape index (κ1) is 11.7. The molecular weight excluding hydrogens is 206 g/mol. The smallest absolute Gasteiger partial charge is 0.0695 e. The van der Waals surface area contributed by atoms with E-state index in [2.05, 4.69) is 30.5 Å². The normalized spacial score (nSPS) is 44.2. The van der Waals surface area contributed by atoms with E-state index in [1.165, 1.54) is 25.0 Å². The molecule has 1 aliphatic heterocycles. The summed E-state index contributed by atoms with van der Waals surface area (Å²) in [4.78, 5) is 2.56. The summed E-state index contributed by atoms with van der Waals surface area (Å²) < 4.78 is 0. The average molecular weight is 229 g/mol. The maximum atomic E-state index is 10.1. The fraction of sp³-hybridized carbons (Fsp3) is 1.00. The van der Waals surface area contributed by atoms with Crippen LogP contribution in [0.15, 0.2) is 0 Å². The summed E-state index contributed by atoms with van der Waals surface area (Å²) in [6.45, 7) is 5.80. The molecule has 0 bridgehead atoms. The lowest BCUT2D eigenvalue weighted by Gasteiger charge is -2.45. The maximum Gasteiger partial charge on any atom is 0.0695 e. The molecule has 4 atom stereocenters. The second-order valence-electron chi connectivity index (χ2n) is 4.97. The second-order valence-corrected chi connectivity index (χ2v) is 6.46. The number of aliphatic hydroxyl groups is 1. The quantitative estimate of drug-likeness (QED) is 0.745. The Morgan fingerprint density at radius 3 is 2.67 bits per heavy atom. The van der Waals surface area contributed by atoms with Crippen molar-refractivity contribution in [2.75, 3.05) is 12.3 Å². The van der Waals surface area contributed by atoms with Gasteiger partial charge in [0.1, 0.15) is 0 Å². The van der Waals surface area contributed by atoms with Gasteiger partial charge in [-0.1, -0.05) is 19.8 Å². The highest BCUT2D eigenvalue weighted by atomic mass is 32.2. The molecule has 2 unspecified atom stereocenters. The van der Waals surface area contributed by atoms with Crippen LogP contribution in [0.1, 0.15) is 39.5 Å². The maximum absolute atomic E-state index is 10.1. The van der Waals surface area contributed by atoms with E-state index in [-0.39, 0.29) is 6.10 Å². The molecule has 3 heteroatoms. The molecule has 2 fully saturated rings. The summed E-state index contributed by atoms with van der Waals surface area (Å²) in [6.07, 6.45) is 4.64. The number of thioether (sulfide) groups is 1. The SMILES string of the molecule is CC1SCCN([C@@H]2CCCC[C@H]2O)C1C. The fourth-order valence-electron chi connectivity index (χ4n) is 2.90. The van der Waals surface area contributed by atoms with Gasteiger partial charge in [0.05, 0.1) is 6.10 Å². The minimum atomic E-state index is -0.0727. The first-order valence-corrected chi connectivity index (χ1v) is 7.30. The van der Waals surface area contributed by atoms with Crippen LogP contribution in [-0.2, 0) is 0 Å². The van der Waals surface area contributed by atoms with Crippen molar-refractivity contribution in [1.82, 2.24) is 4.90 Å². The predicted octanol–water partition coefficient (Wildman–Crippen LogP) is 2.12. The van der Waals surface area contributed by atoms with Gasteiger partial charge >= 0.3 is 0 Å². The van der Waals surface area contributed by atoms with Crippen molar-refractivity contribution < 1.29 is 5.11 Å². The van der Waals surface area contributed by atoms with Crippen molar-refractivity contribution in [2.45, 2.75) is 63.0 Å². The molecule has 0 aromatic carbocycles. The lowest BCUT2D eigenvalue weighted by molar-refractivity contribution is 0.00328. The van der Waals surface area contributed by atoms with Crippen LogP contribution in [0.25, 0.3) is 0 Å². The largest absolute Gasteiger partial charge is 0.391 e. The Bertz CT molecular complexity index is 212. The van der Waals surface area contributed by atoms with Crippen LogP contribution < -0.4 is 0 Å². The summed E-state index contributed by atoms with van der Waals surface area (Å²) in [7, 11) is 0. The van der Waals surface area contributed by atoms with Crippen LogP contribution in [-0.4, -0.2) is 45.7 Å². The monoisotopic (exact) mass is 229 g/mol. The first-order valence-electron chi connectivity index (χ1n) is 6.25. The number of aliphatic hydroxyl groups excluding tert-OH is 1. The van der Waals surface area contributed by atoms with Gasteiger partial charge in [-0.3, -0.25) is 4.90 Å². The van der Waals surface area contributed by atoms with Gasteiger partial charge < -0.3 is 5.11 Å². The molecule has 0 aromatic heterocycles. The standard InChI is InChI=1S/C12H23NOS/c1-9-10(2)15-8-7-13(9)11-5-3-4-6-12(11)14/h9-12,14H,3-8H2,1-2H3/t9?,10?,11-,12-/m1/s1. The number of hydrogen-bond acceptors (Lipinski definition) is 3. The molecule has 2 aliphatic rings. The minimum absolute atomic E-state index is 0.0727. The van der Waals surface area contributed by atoms with Crippen LogP contribution in [0.4, 0.5) is 0 Å². The minimum Gasteiger partial charge on any atom is -0.391 e. The molecule has 1 saturated carbocycles. The highest BCUT2D eigenvalue weighted by molar-refractivity contribution is 8.00. The second kappa shape index (κ2) is 5.07. The van der Waals surface area contributed by atoms with Gasteiger partial charge in [-0.2, -0.15) is 11.8 Å². The molecular formula is C12H23NOS. The van der Waals surface area contributed by atoms with E-state index in [0.29, 0.717) is 17.3 Å². The van der Waals surface area contributed by atoms with Crippen molar-refractivity contribution in [3.05, 3.63) is 0 Å². The molecule has 15 heavy (non-hydrogen) atoms. The molecule has 1 saturated heterocycles.